The van der Waals surface area contributed by atoms with E-state index in [1.54, 1.807) is 0 Å². The van der Waals surface area contributed by atoms with Crippen LogP contribution in [0.1, 0.15) is 25.0 Å². The molecule has 294 valence electrons. The van der Waals surface area contributed by atoms with Crippen LogP contribution in [0.5, 0.6) is 0 Å². The number of para-hydroxylation sites is 4. The highest BCUT2D eigenvalue weighted by atomic mass is 32.4. The Morgan fingerprint density at radius 2 is 0.710 bits per heavy atom. The van der Waals surface area contributed by atoms with E-state index in [1.807, 2.05) is 0 Å². The molecule has 0 bridgehead atoms. The van der Waals surface area contributed by atoms with E-state index in [1.165, 1.54) is 92.5 Å². The van der Waals surface area contributed by atoms with Gasteiger partial charge >= 0.3 is 0 Å². The van der Waals surface area contributed by atoms with Crippen LogP contribution in [-0.4, -0.2) is 13.7 Å². The van der Waals surface area contributed by atoms with Crippen LogP contribution in [0.4, 0.5) is 0 Å². The van der Waals surface area contributed by atoms with Crippen molar-refractivity contribution in [1.29, 1.82) is 0 Å². The Morgan fingerprint density at radius 3 is 1.21 bits per heavy atom. The van der Waals surface area contributed by atoms with Crippen LogP contribution in [0.15, 0.2) is 206 Å². The van der Waals surface area contributed by atoms with Crippen LogP contribution in [0.2, 0.25) is 0 Å². The van der Waals surface area contributed by atoms with E-state index in [-0.39, 0.29) is 5.41 Å². The predicted octanol–water partition coefficient (Wildman–Crippen LogP) is 13.4. The molecular formula is C57H40N3PS. The molecule has 62 heavy (non-hydrogen) atoms. The van der Waals surface area contributed by atoms with E-state index in [9.17, 15) is 0 Å². The van der Waals surface area contributed by atoms with Crippen molar-refractivity contribution in [1.82, 2.24) is 13.7 Å². The molecule has 12 aromatic rings. The molecule has 9 aromatic carbocycles. The average Bonchev–Trinajstić information content (AvgIpc) is 3.96. The van der Waals surface area contributed by atoms with Gasteiger partial charge in [-0.05, 0) is 99.8 Å². The molecule has 0 amide bonds. The highest BCUT2D eigenvalue weighted by Gasteiger charge is 2.42. The van der Waals surface area contributed by atoms with Crippen molar-refractivity contribution in [2.24, 2.45) is 0 Å². The van der Waals surface area contributed by atoms with Crippen molar-refractivity contribution in [2.75, 3.05) is 0 Å². The molecule has 1 aliphatic heterocycles. The van der Waals surface area contributed by atoms with Crippen molar-refractivity contribution in [3.63, 3.8) is 0 Å². The molecule has 4 heterocycles. The van der Waals surface area contributed by atoms with Gasteiger partial charge in [-0.3, -0.25) is 0 Å². The van der Waals surface area contributed by atoms with Crippen LogP contribution in [0.3, 0.4) is 0 Å². The van der Waals surface area contributed by atoms with Gasteiger partial charge in [-0.15, -0.1) is 0 Å². The van der Waals surface area contributed by atoms with Crippen LogP contribution in [-0.2, 0) is 17.2 Å². The molecule has 0 fully saturated rings. The summed E-state index contributed by atoms with van der Waals surface area (Å²) in [4.78, 5) is 0. The Bertz CT molecular complexity index is 3610. The first-order valence-electron chi connectivity index (χ1n) is 21.4. The molecule has 0 saturated carbocycles. The Morgan fingerprint density at radius 1 is 0.339 bits per heavy atom. The molecule has 3 nitrogen and oxygen atoms in total. The third-order valence-corrected chi connectivity index (χ3v) is 18.7. The van der Waals surface area contributed by atoms with E-state index in [0.29, 0.717) is 0 Å². The molecule has 1 atom stereocenters. The SMILES string of the molecule is CC1(C)c2ccccc2P(=S)(c2ccccc2)c2ccc(-n3c4ccc(-n5c6ccccc6c6ccccc65)cc4c4cc(-n5c6ccccc6c6ccccc65)ccc43)cc21. The second-order valence-electron chi connectivity index (χ2n) is 17.3. The monoisotopic (exact) mass is 829 g/mol. The number of hydrogen-bond acceptors (Lipinski definition) is 1. The minimum absolute atomic E-state index is 0.259. The topological polar surface area (TPSA) is 14.8 Å². The molecule has 3 aromatic heterocycles. The zero-order valence-electron chi connectivity index (χ0n) is 34.3. The van der Waals surface area contributed by atoms with Gasteiger partial charge in [0.25, 0.3) is 0 Å². The normalized spacial score (nSPS) is 15.8. The van der Waals surface area contributed by atoms with Gasteiger partial charge in [0.2, 0.25) is 0 Å². The first-order chi connectivity index (χ1) is 30.4. The van der Waals surface area contributed by atoms with Crippen molar-refractivity contribution in [2.45, 2.75) is 19.3 Å². The van der Waals surface area contributed by atoms with E-state index in [2.05, 4.69) is 234 Å². The van der Waals surface area contributed by atoms with E-state index in [0.717, 1.165) is 17.1 Å². The van der Waals surface area contributed by atoms with Gasteiger partial charge in [0.15, 0.2) is 0 Å². The largest absolute Gasteiger partial charge is 0.309 e. The highest BCUT2D eigenvalue weighted by molar-refractivity contribution is 8.25. The second-order valence-corrected chi connectivity index (χ2v) is 21.6. The lowest BCUT2D eigenvalue weighted by molar-refractivity contribution is 0.647. The summed E-state index contributed by atoms with van der Waals surface area (Å²) in [5, 5.41) is 11.3. The highest BCUT2D eigenvalue weighted by Crippen LogP contribution is 2.53. The summed E-state index contributed by atoms with van der Waals surface area (Å²) in [5.74, 6) is 0. The quantitative estimate of drug-likeness (QED) is 0.161. The fourth-order valence-corrected chi connectivity index (χ4v) is 15.5. The fourth-order valence-electron chi connectivity index (χ4n) is 10.9. The lowest BCUT2D eigenvalue weighted by Crippen LogP contribution is -2.42. The lowest BCUT2D eigenvalue weighted by Gasteiger charge is -2.42. The van der Waals surface area contributed by atoms with Gasteiger partial charge in [0.1, 0.15) is 0 Å². The number of aromatic nitrogens is 3. The van der Waals surface area contributed by atoms with E-state index >= 15 is 0 Å². The number of rotatable bonds is 4. The van der Waals surface area contributed by atoms with Crippen LogP contribution in [0.25, 0.3) is 82.5 Å². The molecule has 13 rings (SSSR count). The first-order valence-corrected chi connectivity index (χ1v) is 24.2. The minimum atomic E-state index is -2.35. The molecule has 0 aliphatic carbocycles. The maximum Gasteiger partial charge on any atom is 0.0542 e. The summed E-state index contributed by atoms with van der Waals surface area (Å²) in [6.45, 7) is 4.75. The van der Waals surface area contributed by atoms with E-state index in [4.69, 9.17) is 11.8 Å². The fraction of sp³-hybridized carbons (Fsp3) is 0.0526. The van der Waals surface area contributed by atoms with Gasteiger partial charge in [0.05, 0.1) is 33.1 Å². The smallest absolute Gasteiger partial charge is 0.0542 e. The predicted molar refractivity (Wildman–Crippen MR) is 268 cm³/mol. The number of hydrogen-bond donors (Lipinski definition) is 0. The Balaban J connectivity index is 1.10. The summed E-state index contributed by atoms with van der Waals surface area (Å²) in [6.07, 6.45) is 0. The molecule has 0 spiro atoms. The molecule has 1 unspecified atom stereocenters. The summed E-state index contributed by atoms with van der Waals surface area (Å²) in [6, 6.07) is 73.8. The van der Waals surface area contributed by atoms with Crippen LogP contribution in [0, 0.1) is 0 Å². The molecule has 1 aliphatic rings. The maximum absolute atomic E-state index is 6.97. The molecule has 0 saturated heterocycles. The van der Waals surface area contributed by atoms with E-state index < -0.39 is 6.04 Å². The number of fused-ring (bicyclic) bond motifs is 11. The molecule has 0 N–H and O–H groups in total. The molecule has 5 heteroatoms. The van der Waals surface area contributed by atoms with Crippen molar-refractivity contribution in [3.05, 3.63) is 217 Å². The van der Waals surface area contributed by atoms with Gasteiger partial charge in [-0.2, -0.15) is 0 Å². The minimum Gasteiger partial charge on any atom is -0.309 e. The van der Waals surface area contributed by atoms with Gasteiger partial charge in [-0.25, -0.2) is 0 Å². The second kappa shape index (κ2) is 13.0. The number of nitrogens with zero attached hydrogens (tertiary/aromatic N) is 3. The van der Waals surface area contributed by atoms with Crippen molar-refractivity contribution >= 4 is 99.2 Å². The summed E-state index contributed by atoms with van der Waals surface area (Å²) in [5.41, 5.74) is 12.9. The Hall–Kier alpha value is -6.97. The van der Waals surface area contributed by atoms with Gasteiger partial charge < -0.3 is 13.7 Å². The average molecular weight is 830 g/mol. The number of benzene rings is 9. The van der Waals surface area contributed by atoms with Crippen LogP contribution < -0.4 is 15.9 Å². The van der Waals surface area contributed by atoms with Crippen molar-refractivity contribution in [3.8, 4) is 17.1 Å². The molecular weight excluding hydrogens is 790 g/mol. The van der Waals surface area contributed by atoms with Gasteiger partial charge in [0, 0.05) is 60.8 Å². The zero-order chi connectivity index (χ0) is 41.3. The summed E-state index contributed by atoms with van der Waals surface area (Å²) < 4.78 is 7.34. The van der Waals surface area contributed by atoms with Crippen LogP contribution >= 0.6 is 6.04 Å². The first kappa shape index (κ1) is 35.8. The standard InChI is InChI=1S/C57H40N3PS/c1-57(2)47-22-10-15-27-55(47)61(62,40-16-4-3-5-17-40)56-33-30-39(36-48(56)57)60-53-31-28-37(58-49-23-11-6-18-41(49)42-19-7-12-24-50(42)58)34-45(53)46-35-38(29-32-54(46)60)59-51-25-13-8-20-43(51)44-21-9-14-26-52(44)59/h3-36H,1-2H3. The summed E-state index contributed by atoms with van der Waals surface area (Å²) in [7, 11) is 0. The third-order valence-electron chi connectivity index (χ3n) is 13.7. The third kappa shape index (κ3) is 4.79. The van der Waals surface area contributed by atoms with Crippen molar-refractivity contribution < 1.29 is 0 Å². The molecule has 0 radical (unpaired) electrons. The van der Waals surface area contributed by atoms with Gasteiger partial charge in [-0.1, -0.05) is 159 Å². The Labute approximate surface area is 364 Å². The maximum atomic E-state index is 6.97. The Kier molecular flexibility index (Phi) is 7.51. The lowest BCUT2D eigenvalue weighted by atomic mass is 9.77. The zero-order valence-corrected chi connectivity index (χ0v) is 36.0. The summed E-state index contributed by atoms with van der Waals surface area (Å²) >= 11 is 6.97.